The molecule has 2 nitrogen and oxygen atoms in total. The van der Waals surface area contributed by atoms with E-state index in [1.807, 2.05) is 6.92 Å². The average Bonchev–Trinajstić information content (AvgIpc) is 1.62. The minimum absolute atomic E-state index is 0.773. The summed E-state index contributed by atoms with van der Waals surface area (Å²) in [6.07, 6.45) is 6.36. The molecule has 0 unspecified atom stereocenters. The molecule has 0 aromatic carbocycles. The van der Waals surface area contributed by atoms with E-state index in [4.69, 9.17) is 4.74 Å². The molecule has 0 amide bonds. The van der Waals surface area contributed by atoms with Gasteiger partial charge in [-0.3, -0.25) is 0 Å². The fourth-order valence-corrected chi connectivity index (χ4v) is 1.27. The summed E-state index contributed by atoms with van der Waals surface area (Å²) in [4.78, 5) is 0. The van der Waals surface area contributed by atoms with Crippen LogP contribution in [0.5, 0.6) is 0 Å². The fourth-order valence-electron chi connectivity index (χ4n) is 0.423. The van der Waals surface area contributed by atoms with E-state index in [2.05, 4.69) is 23.2 Å². The first-order chi connectivity index (χ1) is 3.95. The van der Waals surface area contributed by atoms with Crippen LogP contribution in [0.3, 0.4) is 0 Å². The van der Waals surface area contributed by atoms with Crippen LogP contribution in [0.4, 0.5) is 0 Å². The van der Waals surface area contributed by atoms with Crippen LogP contribution in [0.25, 0.3) is 0 Å². The Hall–Kier alpha value is -0.180. The zero-order valence-corrected chi connectivity index (χ0v) is 7.58. The standard InChI is InChI=1S/C6H15NOS/c1-6(8-2)7-9(3,4)5/h1-5H3/b7-6+. The quantitative estimate of drug-likeness (QED) is 0.410. The monoisotopic (exact) mass is 149 g/mol. The predicted molar refractivity (Wildman–Crippen MR) is 45.5 cm³/mol. The normalized spacial score (nSPS) is 15.4. The number of rotatable bonds is 1. The Morgan fingerprint density at radius 3 is 1.89 bits per heavy atom. The lowest BCUT2D eigenvalue weighted by atomic mass is 10.8. The van der Waals surface area contributed by atoms with Crippen LogP contribution in [0.1, 0.15) is 6.92 Å². The third-order valence-electron chi connectivity index (χ3n) is 0.698. The van der Waals surface area contributed by atoms with E-state index in [-0.39, 0.29) is 0 Å². The molecule has 0 aromatic heterocycles. The Kier molecular flexibility index (Phi) is 3.04. The van der Waals surface area contributed by atoms with E-state index in [1.54, 1.807) is 7.11 Å². The summed E-state index contributed by atoms with van der Waals surface area (Å²) in [5, 5.41) is 0. The largest absolute Gasteiger partial charge is 0.484 e. The first-order valence-electron chi connectivity index (χ1n) is 2.74. The van der Waals surface area contributed by atoms with Gasteiger partial charge < -0.3 is 4.74 Å². The second-order valence-corrected chi connectivity index (χ2v) is 6.31. The highest BCUT2D eigenvalue weighted by atomic mass is 32.3. The number of hydrogen-bond donors (Lipinski definition) is 0. The maximum absolute atomic E-state index is 4.90. The first kappa shape index (κ1) is 8.82. The molecule has 0 spiro atoms. The van der Waals surface area contributed by atoms with Gasteiger partial charge in [0.05, 0.1) is 7.11 Å². The zero-order valence-electron chi connectivity index (χ0n) is 6.76. The SMILES string of the molecule is CO/C(C)=N/S(C)(C)C. The van der Waals surface area contributed by atoms with E-state index >= 15 is 0 Å². The van der Waals surface area contributed by atoms with Crippen molar-refractivity contribution >= 4 is 16.1 Å². The summed E-state index contributed by atoms with van der Waals surface area (Å²) in [5.41, 5.74) is 0. The van der Waals surface area contributed by atoms with E-state index < -0.39 is 10.2 Å². The molecule has 0 N–H and O–H groups in total. The van der Waals surface area contributed by atoms with Gasteiger partial charge in [0.15, 0.2) is 5.90 Å². The highest BCUT2D eigenvalue weighted by Crippen LogP contribution is 2.36. The van der Waals surface area contributed by atoms with Gasteiger partial charge in [-0.2, -0.15) is 10.2 Å². The molecule has 0 atom stereocenters. The van der Waals surface area contributed by atoms with Crippen molar-refractivity contribution in [3.8, 4) is 0 Å². The minimum atomic E-state index is -0.773. The van der Waals surface area contributed by atoms with Crippen LogP contribution in [0, 0.1) is 0 Å². The lowest BCUT2D eigenvalue weighted by Crippen LogP contribution is -1.97. The average molecular weight is 149 g/mol. The van der Waals surface area contributed by atoms with Crippen molar-refractivity contribution in [2.24, 2.45) is 4.40 Å². The van der Waals surface area contributed by atoms with Crippen molar-refractivity contribution in [3.63, 3.8) is 0 Å². The Labute approximate surface area is 58.8 Å². The molecule has 0 fully saturated rings. The van der Waals surface area contributed by atoms with Crippen LogP contribution < -0.4 is 0 Å². The Bertz CT molecular complexity index is 115. The van der Waals surface area contributed by atoms with Gasteiger partial charge in [0.1, 0.15) is 0 Å². The Morgan fingerprint density at radius 1 is 1.33 bits per heavy atom. The second-order valence-electron chi connectivity index (χ2n) is 2.59. The molecule has 9 heavy (non-hydrogen) atoms. The topological polar surface area (TPSA) is 21.6 Å². The van der Waals surface area contributed by atoms with Gasteiger partial charge in [-0.1, -0.05) is 0 Å². The highest BCUT2D eigenvalue weighted by molar-refractivity contribution is 8.31. The van der Waals surface area contributed by atoms with Gasteiger partial charge in [-0.15, -0.1) is 0 Å². The maximum Gasteiger partial charge on any atom is 0.189 e. The molecule has 0 aliphatic carbocycles. The Morgan fingerprint density at radius 2 is 1.78 bits per heavy atom. The van der Waals surface area contributed by atoms with E-state index in [0.717, 1.165) is 5.90 Å². The number of methoxy groups -OCH3 is 1. The summed E-state index contributed by atoms with van der Waals surface area (Å²) in [7, 11) is 0.870. The third kappa shape index (κ3) is 5.69. The first-order valence-corrected chi connectivity index (χ1v) is 5.56. The van der Waals surface area contributed by atoms with Crippen LogP contribution >= 0.6 is 10.2 Å². The predicted octanol–water partition coefficient (Wildman–Crippen LogP) is 1.66. The van der Waals surface area contributed by atoms with Crippen LogP contribution in [0.2, 0.25) is 0 Å². The molecule has 0 bridgehead atoms. The van der Waals surface area contributed by atoms with Gasteiger partial charge in [0.2, 0.25) is 0 Å². The molecule has 3 heteroatoms. The summed E-state index contributed by atoms with van der Waals surface area (Å²) < 4.78 is 9.20. The molecule has 0 aromatic rings. The molecule has 0 saturated carbocycles. The molecule has 0 rings (SSSR count). The lowest BCUT2D eigenvalue weighted by molar-refractivity contribution is 0.401. The lowest BCUT2D eigenvalue weighted by Gasteiger charge is -2.18. The van der Waals surface area contributed by atoms with Crippen molar-refractivity contribution in [1.29, 1.82) is 0 Å². The van der Waals surface area contributed by atoms with Crippen molar-refractivity contribution in [1.82, 2.24) is 0 Å². The van der Waals surface area contributed by atoms with Gasteiger partial charge in [-0.05, 0) is 18.8 Å². The molecule has 0 aliphatic rings. The van der Waals surface area contributed by atoms with Crippen molar-refractivity contribution < 1.29 is 4.74 Å². The van der Waals surface area contributed by atoms with Gasteiger partial charge in [0.25, 0.3) is 0 Å². The molecule has 0 saturated heterocycles. The van der Waals surface area contributed by atoms with Crippen LogP contribution in [-0.2, 0) is 4.74 Å². The molecule has 0 heterocycles. The van der Waals surface area contributed by atoms with Crippen LogP contribution in [0.15, 0.2) is 4.40 Å². The maximum atomic E-state index is 4.90. The fraction of sp³-hybridized carbons (Fsp3) is 0.833. The van der Waals surface area contributed by atoms with Gasteiger partial charge in [-0.25, -0.2) is 4.40 Å². The minimum Gasteiger partial charge on any atom is -0.484 e. The number of hydrogen-bond acceptors (Lipinski definition) is 2. The molecular weight excluding hydrogens is 134 g/mol. The third-order valence-corrected chi connectivity index (χ3v) is 1.50. The summed E-state index contributed by atoms with van der Waals surface area (Å²) >= 11 is 0. The van der Waals surface area contributed by atoms with Gasteiger partial charge >= 0.3 is 0 Å². The summed E-state index contributed by atoms with van der Waals surface area (Å²) in [6, 6.07) is 0. The van der Waals surface area contributed by atoms with E-state index in [1.165, 1.54) is 0 Å². The second kappa shape index (κ2) is 3.11. The Balaban J connectivity index is 3.95. The van der Waals surface area contributed by atoms with Crippen LogP contribution in [-0.4, -0.2) is 31.8 Å². The molecule has 56 valence electrons. The summed E-state index contributed by atoms with van der Waals surface area (Å²) in [5.74, 6) is 0.775. The zero-order chi connectivity index (χ0) is 7.49. The molecule has 0 aliphatic heterocycles. The van der Waals surface area contributed by atoms with Crippen molar-refractivity contribution in [2.75, 3.05) is 25.9 Å². The number of ether oxygens (including phenoxy) is 1. The van der Waals surface area contributed by atoms with Gasteiger partial charge in [0, 0.05) is 6.92 Å². The van der Waals surface area contributed by atoms with E-state index in [0.29, 0.717) is 0 Å². The molecule has 0 radical (unpaired) electrons. The molecular formula is C6H15NOS. The number of nitrogens with zero attached hydrogens (tertiary/aromatic N) is 1. The smallest absolute Gasteiger partial charge is 0.189 e. The van der Waals surface area contributed by atoms with Crippen molar-refractivity contribution in [3.05, 3.63) is 0 Å². The summed E-state index contributed by atoms with van der Waals surface area (Å²) in [6.45, 7) is 1.87. The highest BCUT2D eigenvalue weighted by Gasteiger charge is 1.99. The van der Waals surface area contributed by atoms with Crippen molar-refractivity contribution in [2.45, 2.75) is 6.92 Å². The van der Waals surface area contributed by atoms with E-state index in [9.17, 15) is 0 Å².